The van der Waals surface area contributed by atoms with Crippen molar-refractivity contribution in [2.45, 2.75) is 32.3 Å². The number of carbonyl (C=O) groups is 1. The summed E-state index contributed by atoms with van der Waals surface area (Å²) in [6.07, 6.45) is 1.73. The Kier molecular flexibility index (Phi) is 4.07. The molecule has 1 unspecified atom stereocenters. The van der Waals surface area contributed by atoms with Gasteiger partial charge in [0, 0.05) is 13.0 Å². The minimum Gasteiger partial charge on any atom is -0.377 e. The molecule has 1 aliphatic heterocycles. The van der Waals surface area contributed by atoms with Crippen LogP contribution in [0.1, 0.15) is 26.2 Å². The molecular weight excluding hydrogens is 204 g/mol. The number of sulfone groups is 1. The highest BCUT2D eigenvalue weighted by molar-refractivity contribution is 7.91. The van der Waals surface area contributed by atoms with Gasteiger partial charge in [-0.15, -0.1) is 0 Å². The minimum absolute atomic E-state index is 0.0395. The lowest BCUT2D eigenvalue weighted by atomic mass is 10.3. The highest BCUT2D eigenvalue weighted by Crippen LogP contribution is 2.14. The van der Waals surface area contributed by atoms with E-state index in [1.165, 1.54) is 6.92 Å². The Morgan fingerprint density at radius 3 is 2.71 bits per heavy atom. The average Bonchev–Trinajstić information content (AvgIpc) is 2.53. The van der Waals surface area contributed by atoms with Crippen molar-refractivity contribution in [2.24, 2.45) is 0 Å². The lowest BCUT2D eigenvalue weighted by molar-refractivity contribution is -0.116. The van der Waals surface area contributed by atoms with E-state index in [2.05, 4.69) is 0 Å². The van der Waals surface area contributed by atoms with E-state index in [0.29, 0.717) is 6.61 Å². The van der Waals surface area contributed by atoms with Crippen LogP contribution in [0.5, 0.6) is 0 Å². The molecule has 0 spiro atoms. The molecule has 82 valence electrons. The molecule has 0 aliphatic carbocycles. The van der Waals surface area contributed by atoms with E-state index in [0.717, 1.165) is 12.8 Å². The summed E-state index contributed by atoms with van der Waals surface area (Å²) in [5, 5.41) is 0. The molecule has 0 aromatic heterocycles. The maximum atomic E-state index is 11.5. The molecule has 0 amide bonds. The van der Waals surface area contributed by atoms with Crippen molar-refractivity contribution in [1.29, 1.82) is 0 Å². The lowest BCUT2D eigenvalue weighted by Gasteiger charge is -2.09. The van der Waals surface area contributed by atoms with E-state index in [1.54, 1.807) is 0 Å². The Labute approximate surface area is 84.6 Å². The van der Waals surface area contributed by atoms with Crippen LogP contribution in [0.25, 0.3) is 0 Å². The molecule has 4 nitrogen and oxygen atoms in total. The van der Waals surface area contributed by atoms with Gasteiger partial charge in [0.15, 0.2) is 9.84 Å². The molecule has 1 heterocycles. The van der Waals surface area contributed by atoms with Crippen molar-refractivity contribution >= 4 is 15.6 Å². The summed E-state index contributed by atoms with van der Waals surface area (Å²) in [6.45, 7) is 2.06. The number of hydrogen-bond donors (Lipinski definition) is 0. The van der Waals surface area contributed by atoms with Crippen molar-refractivity contribution in [3.8, 4) is 0 Å². The molecule has 14 heavy (non-hydrogen) atoms. The van der Waals surface area contributed by atoms with Gasteiger partial charge in [-0.1, -0.05) is 0 Å². The first-order valence-electron chi connectivity index (χ1n) is 4.81. The molecule has 5 heteroatoms. The first-order chi connectivity index (χ1) is 6.49. The molecule has 1 saturated heterocycles. The Hall–Kier alpha value is -0.420. The van der Waals surface area contributed by atoms with E-state index in [1.807, 2.05) is 0 Å². The summed E-state index contributed by atoms with van der Waals surface area (Å²) >= 11 is 0. The number of ether oxygens (including phenoxy) is 1. The van der Waals surface area contributed by atoms with Gasteiger partial charge in [0.1, 0.15) is 5.78 Å². The zero-order valence-corrected chi connectivity index (χ0v) is 9.18. The second kappa shape index (κ2) is 4.89. The topological polar surface area (TPSA) is 60.4 Å². The van der Waals surface area contributed by atoms with Gasteiger partial charge >= 0.3 is 0 Å². The molecule has 0 aromatic carbocycles. The molecule has 0 bridgehead atoms. The number of ketones is 1. The number of Topliss-reactive ketones (excluding diaryl/α,β-unsaturated/α-hetero) is 1. The van der Waals surface area contributed by atoms with Crippen molar-refractivity contribution in [1.82, 2.24) is 0 Å². The van der Waals surface area contributed by atoms with Crippen molar-refractivity contribution in [2.75, 3.05) is 18.1 Å². The molecule has 1 atom stereocenters. The predicted octanol–water partition coefficient (Wildman–Crippen LogP) is 0.559. The molecule has 0 aromatic rings. The fourth-order valence-corrected chi connectivity index (χ4v) is 3.04. The van der Waals surface area contributed by atoms with E-state index >= 15 is 0 Å². The minimum atomic E-state index is -3.11. The zero-order valence-electron chi connectivity index (χ0n) is 8.36. The van der Waals surface area contributed by atoms with Crippen LogP contribution < -0.4 is 0 Å². The summed E-state index contributed by atoms with van der Waals surface area (Å²) in [5.41, 5.74) is 0. The van der Waals surface area contributed by atoms with E-state index in [-0.39, 0.29) is 29.8 Å². The third-order valence-corrected chi connectivity index (χ3v) is 3.93. The SMILES string of the molecule is CC(=O)CCS(=O)(=O)CC1CCCO1. The second-order valence-corrected chi connectivity index (χ2v) is 5.93. The van der Waals surface area contributed by atoms with E-state index in [4.69, 9.17) is 4.74 Å². The maximum Gasteiger partial charge on any atom is 0.153 e. The van der Waals surface area contributed by atoms with Crippen LogP contribution in [0.2, 0.25) is 0 Å². The van der Waals surface area contributed by atoms with Gasteiger partial charge in [-0.3, -0.25) is 4.79 Å². The van der Waals surface area contributed by atoms with Crippen LogP contribution in [-0.4, -0.2) is 38.4 Å². The third-order valence-electron chi connectivity index (χ3n) is 2.23. The largest absolute Gasteiger partial charge is 0.377 e. The fraction of sp³-hybridized carbons (Fsp3) is 0.889. The van der Waals surface area contributed by atoms with Crippen LogP contribution in [-0.2, 0) is 19.4 Å². The van der Waals surface area contributed by atoms with Crippen LogP contribution in [0.15, 0.2) is 0 Å². The molecular formula is C9H16O4S. The smallest absolute Gasteiger partial charge is 0.153 e. The number of hydrogen-bond acceptors (Lipinski definition) is 4. The van der Waals surface area contributed by atoms with Crippen LogP contribution in [0.3, 0.4) is 0 Å². The van der Waals surface area contributed by atoms with Crippen molar-refractivity contribution in [3.63, 3.8) is 0 Å². The summed E-state index contributed by atoms with van der Waals surface area (Å²) in [7, 11) is -3.11. The molecule has 0 saturated carbocycles. The predicted molar refractivity (Wildman–Crippen MR) is 52.9 cm³/mol. The fourth-order valence-electron chi connectivity index (χ4n) is 1.44. The first kappa shape index (κ1) is 11.7. The average molecular weight is 220 g/mol. The lowest BCUT2D eigenvalue weighted by Crippen LogP contribution is -2.23. The Morgan fingerprint density at radius 1 is 1.50 bits per heavy atom. The molecule has 0 N–H and O–H groups in total. The highest BCUT2D eigenvalue weighted by Gasteiger charge is 2.23. The van der Waals surface area contributed by atoms with Gasteiger partial charge in [-0.25, -0.2) is 8.42 Å². The highest BCUT2D eigenvalue weighted by atomic mass is 32.2. The second-order valence-electron chi connectivity index (χ2n) is 3.70. The maximum absolute atomic E-state index is 11.5. The number of rotatable bonds is 5. The monoisotopic (exact) mass is 220 g/mol. The number of carbonyl (C=O) groups excluding carboxylic acids is 1. The van der Waals surface area contributed by atoms with E-state index < -0.39 is 9.84 Å². The standard InChI is InChI=1S/C9H16O4S/c1-8(10)4-6-14(11,12)7-9-3-2-5-13-9/h9H,2-7H2,1H3. The van der Waals surface area contributed by atoms with Crippen LogP contribution in [0.4, 0.5) is 0 Å². The molecule has 1 fully saturated rings. The molecule has 1 rings (SSSR count). The summed E-state index contributed by atoms with van der Waals surface area (Å²) < 4.78 is 28.1. The Morgan fingerprint density at radius 2 is 2.21 bits per heavy atom. The normalized spacial score (nSPS) is 22.5. The Balaban J connectivity index is 2.36. The van der Waals surface area contributed by atoms with Crippen LogP contribution >= 0.6 is 0 Å². The Bertz CT molecular complexity index is 288. The van der Waals surface area contributed by atoms with Crippen LogP contribution in [0, 0.1) is 0 Å². The quantitative estimate of drug-likeness (QED) is 0.679. The molecule has 1 aliphatic rings. The summed E-state index contributed by atoms with van der Waals surface area (Å²) in [4.78, 5) is 10.6. The summed E-state index contributed by atoms with van der Waals surface area (Å²) in [6, 6.07) is 0. The van der Waals surface area contributed by atoms with Gasteiger partial charge in [-0.05, 0) is 19.8 Å². The molecule has 0 radical (unpaired) electrons. The van der Waals surface area contributed by atoms with Gasteiger partial charge < -0.3 is 4.74 Å². The van der Waals surface area contributed by atoms with Crippen molar-refractivity contribution < 1.29 is 17.9 Å². The zero-order chi connectivity index (χ0) is 10.6. The summed E-state index contributed by atoms with van der Waals surface area (Å²) in [5.74, 6) is -0.0523. The van der Waals surface area contributed by atoms with E-state index in [9.17, 15) is 13.2 Å². The first-order valence-corrected chi connectivity index (χ1v) is 6.63. The van der Waals surface area contributed by atoms with Gasteiger partial charge in [0.05, 0.1) is 17.6 Å². The van der Waals surface area contributed by atoms with Gasteiger partial charge in [-0.2, -0.15) is 0 Å². The van der Waals surface area contributed by atoms with Crippen molar-refractivity contribution in [3.05, 3.63) is 0 Å². The third kappa shape index (κ3) is 4.19. The van der Waals surface area contributed by atoms with Gasteiger partial charge in [0.2, 0.25) is 0 Å². The van der Waals surface area contributed by atoms with Gasteiger partial charge in [0.25, 0.3) is 0 Å².